The molecule has 3 N–H and O–H groups in total. The molecule has 1 aromatic heterocycles. The molecule has 0 aliphatic rings. The van der Waals surface area contributed by atoms with Crippen molar-refractivity contribution in [3.05, 3.63) is 78.4 Å². The average Bonchev–Trinajstić information content (AvgIpc) is 3.28. The van der Waals surface area contributed by atoms with Crippen LogP contribution in [0, 0.1) is 0 Å². The molecular formula is C21H15N3O4. The molecule has 7 heteroatoms. The Morgan fingerprint density at radius 1 is 0.857 bits per heavy atom. The van der Waals surface area contributed by atoms with Crippen molar-refractivity contribution >= 4 is 5.97 Å². The molecule has 0 radical (unpaired) electrons. The van der Waals surface area contributed by atoms with Crippen LogP contribution in [0.15, 0.2) is 72.8 Å². The predicted molar refractivity (Wildman–Crippen MR) is 103 cm³/mol. The van der Waals surface area contributed by atoms with Crippen LogP contribution in [0.25, 0.3) is 29.9 Å². The lowest BCUT2D eigenvalue weighted by molar-refractivity contribution is 0.0697. The monoisotopic (exact) mass is 376 g/mol. The maximum Gasteiger partial charge on any atom is 0.335 e. The van der Waals surface area contributed by atoms with Gasteiger partial charge >= 0.3 is 5.97 Å². The van der Waals surface area contributed by atoms with E-state index in [9.17, 15) is 4.79 Å². The number of carbonyl (C=O) groups is 1. The third kappa shape index (κ3) is 3.05. The number of aromatic carboxylic acids is 1. The fourth-order valence-electron chi connectivity index (χ4n) is 2.82. The van der Waals surface area contributed by atoms with Crippen molar-refractivity contribution in [3.8, 4) is 40.0 Å². The maximum atomic E-state index is 11.6. The number of aromatic nitrogens is 3. The van der Waals surface area contributed by atoms with Crippen LogP contribution in [0.5, 0.6) is 11.5 Å². The molecular weight excluding hydrogens is 358 g/mol. The third-order valence-electron chi connectivity index (χ3n) is 4.21. The summed E-state index contributed by atoms with van der Waals surface area (Å²) in [5.41, 5.74) is 1.81. The number of carboxylic acids is 1. The van der Waals surface area contributed by atoms with Crippen molar-refractivity contribution in [1.29, 1.82) is 4.29 Å². The number of benzene rings is 3. The Hall–Kier alpha value is -4.13. The van der Waals surface area contributed by atoms with E-state index in [0.29, 0.717) is 28.5 Å². The number of hydrogen-bond donors (Lipinski definition) is 3. The molecule has 0 spiro atoms. The van der Waals surface area contributed by atoms with Gasteiger partial charge in [0.15, 0.2) is 11.6 Å². The first-order valence-electron chi connectivity index (χ1n) is 9.59. The summed E-state index contributed by atoms with van der Waals surface area (Å²) in [6, 6.07) is 20.0. The average molecular weight is 376 g/mol. The number of carboxylic acid groups (broad SMARTS) is 1. The minimum Gasteiger partial charge on any atom is -0.507 e. The van der Waals surface area contributed by atoms with Crippen LogP contribution >= 0.6 is 0 Å². The van der Waals surface area contributed by atoms with Gasteiger partial charge in [0.25, 0.3) is 4.29 Å². The largest absolute Gasteiger partial charge is 0.507 e. The zero-order valence-electron chi connectivity index (χ0n) is 17.4. The van der Waals surface area contributed by atoms with E-state index in [2.05, 4.69) is 15.2 Å². The Labute approximate surface area is 164 Å². The quantitative estimate of drug-likeness (QED) is 0.473. The van der Waals surface area contributed by atoms with Gasteiger partial charge in [-0.15, -0.1) is 5.10 Å². The van der Waals surface area contributed by atoms with E-state index in [1.54, 1.807) is 60.7 Å². The minimum absolute atomic E-state index is 0.212. The van der Waals surface area contributed by atoms with Crippen molar-refractivity contribution in [3.63, 3.8) is 0 Å². The number of nitrogens with zero attached hydrogens (tertiary/aromatic N) is 3. The first kappa shape index (κ1) is 14.0. The summed E-state index contributed by atoms with van der Waals surface area (Å²) in [5, 5.41) is 18.0. The second-order valence-electron chi connectivity index (χ2n) is 6.00. The Morgan fingerprint density at radius 2 is 1.50 bits per heavy atom. The van der Waals surface area contributed by atoms with Crippen molar-refractivity contribution in [1.82, 2.24) is 14.8 Å². The smallest absolute Gasteiger partial charge is 0.335 e. The van der Waals surface area contributed by atoms with Crippen LogP contribution in [-0.2, 0) is 0 Å². The highest BCUT2D eigenvalue weighted by atomic mass is 16.4. The molecule has 7 nitrogen and oxygen atoms in total. The Balaban J connectivity index is 1.91. The van der Waals surface area contributed by atoms with Gasteiger partial charge in [-0.1, -0.05) is 24.3 Å². The molecule has 1 heterocycles. The van der Waals surface area contributed by atoms with Gasteiger partial charge in [-0.25, -0.2) is 14.5 Å². The maximum absolute atomic E-state index is 11.6. The summed E-state index contributed by atoms with van der Waals surface area (Å²) in [4.78, 5) is 16.2. The Morgan fingerprint density at radius 3 is 2.18 bits per heavy atom. The molecule has 28 heavy (non-hydrogen) atoms. The molecule has 4 rings (SSSR count). The predicted octanol–water partition coefficient (Wildman–Crippen LogP) is 3.71. The molecule has 0 bridgehead atoms. The van der Waals surface area contributed by atoms with Crippen molar-refractivity contribution < 1.29 is 20.1 Å². The number of aromatic hydroxyl groups is 2. The van der Waals surface area contributed by atoms with Crippen LogP contribution in [0.3, 0.4) is 0 Å². The molecule has 0 saturated carbocycles. The highest BCUT2D eigenvalue weighted by Crippen LogP contribution is 2.33. The minimum atomic E-state index is -0.777. The second kappa shape index (κ2) is 6.88. The zero-order valence-corrected chi connectivity index (χ0v) is 14.4. The molecule has 4 aromatic rings. The van der Waals surface area contributed by atoms with Gasteiger partial charge in [0, 0.05) is 0 Å². The molecule has 0 fully saturated rings. The summed E-state index contributed by atoms with van der Waals surface area (Å²) in [6.45, 7) is 0. The van der Waals surface area contributed by atoms with Crippen LogP contribution in [0.2, 0.25) is 0 Å². The highest BCUT2D eigenvalue weighted by molar-refractivity contribution is 5.87. The van der Waals surface area contributed by atoms with Gasteiger partial charge in [-0.3, -0.25) is 0 Å². The van der Waals surface area contributed by atoms with Crippen molar-refractivity contribution in [2.45, 2.75) is 0 Å². The lowest BCUT2D eigenvalue weighted by Gasteiger charge is -2.07. The summed E-state index contributed by atoms with van der Waals surface area (Å²) in [7, 11) is 0. The molecule has 0 aliphatic carbocycles. The van der Waals surface area contributed by atoms with E-state index in [1.807, 2.05) is 0 Å². The molecule has 0 saturated heterocycles. The topological polar surface area (TPSA) is 108 Å². The molecule has 0 aliphatic heterocycles. The summed E-state index contributed by atoms with van der Waals surface area (Å²) in [5.74, 6) is 0.466. The Kier molecular flexibility index (Phi) is 3.44. The second-order valence-corrected chi connectivity index (χ2v) is 6.00. The fraction of sp³-hybridized carbons (Fsp3) is 0. The van der Waals surface area contributed by atoms with Crippen LogP contribution in [0.1, 0.15) is 10.4 Å². The first-order valence-corrected chi connectivity index (χ1v) is 8.36. The summed E-state index contributed by atoms with van der Waals surface area (Å²) < 4.78 is 23.0. The van der Waals surface area contributed by atoms with Gasteiger partial charge < -0.3 is 15.3 Å². The molecule has 138 valence electrons. The van der Waals surface area contributed by atoms with Crippen LogP contribution in [0.4, 0.5) is 0 Å². The van der Waals surface area contributed by atoms with E-state index >= 15 is 0 Å². The van der Waals surface area contributed by atoms with Crippen LogP contribution in [-0.4, -0.2) is 38.9 Å². The van der Waals surface area contributed by atoms with Gasteiger partial charge in [-0.2, -0.15) is 0 Å². The number of rotatable bonds is 6. The SMILES string of the molecule is [2H]OC(=O)c1ccc(-n2nc(-c3ccccc3O[2H])nc2-c2ccccc2O[2H])cc1. The van der Waals surface area contributed by atoms with E-state index in [-0.39, 0.29) is 17.1 Å². The Bertz CT molecular complexity index is 1230. The lowest BCUT2D eigenvalue weighted by atomic mass is 10.1. The fourth-order valence-corrected chi connectivity index (χ4v) is 2.82. The molecule has 0 amide bonds. The van der Waals surface area contributed by atoms with E-state index in [0.717, 1.165) is 0 Å². The van der Waals surface area contributed by atoms with Gasteiger partial charge in [-0.05, 0) is 48.5 Å². The number of hydrogen-bond acceptors (Lipinski definition) is 6. The number of phenols is 2. The normalized spacial score (nSPS) is 11.8. The van der Waals surface area contributed by atoms with Gasteiger partial charge in [0.1, 0.15) is 11.5 Å². The molecule has 0 unspecified atom stereocenters. The van der Waals surface area contributed by atoms with E-state index < -0.39 is 5.97 Å². The molecule has 3 aromatic carbocycles. The number of phenolic OH excluding ortho intramolecular Hbond substituents is 2. The van der Waals surface area contributed by atoms with Gasteiger partial charge in [0.05, 0.1) is 22.4 Å². The standard InChI is InChI=1S/C21H15N3O4/c25-17-7-3-1-5-15(17)19-22-20(16-6-2-4-8-18(16)26)24(23-19)14-11-9-13(10-12-14)21(27)28/h1-12,25-26H,(H,27,28)/i/hD3. The summed E-state index contributed by atoms with van der Waals surface area (Å²) >= 11 is 0. The third-order valence-corrected chi connectivity index (χ3v) is 4.21. The lowest BCUT2D eigenvalue weighted by Crippen LogP contribution is -2.02. The first-order chi connectivity index (χ1) is 15.2. The summed E-state index contributed by atoms with van der Waals surface area (Å²) in [6.07, 6.45) is 0. The van der Waals surface area contributed by atoms with E-state index in [4.69, 9.17) is 14.5 Å². The van der Waals surface area contributed by atoms with Crippen LogP contribution < -0.4 is 0 Å². The van der Waals surface area contributed by atoms with Crippen molar-refractivity contribution in [2.24, 2.45) is 0 Å². The van der Waals surface area contributed by atoms with Crippen molar-refractivity contribution in [2.75, 3.05) is 0 Å². The molecule has 0 atom stereocenters. The zero-order chi connectivity index (χ0) is 21.8. The number of para-hydroxylation sites is 2. The van der Waals surface area contributed by atoms with Gasteiger partial charge in [0.2, 0.25) is 0 Å². The highest BCUT2D eigenvalue weighted by Gasteiger charge is 2.19. The van der Waals surface area contributed by atoms with E-state index in [1.165, 1.54) is 16.8 Å².